The van der Waals surface area contributed by atoms with Gasteiger partial charge in [0.25, 0.3) is 11.8 Å². The van der Waals surface area contributed by atoms with Gasteiger partial charge in [0.2, 0.25) is 0 Å². The summed E-state index contributed by atoms with van der Waals surface area (Å²) >= 11 is 0. The number of amides is 2. The number of fused-ring (bicyclic) bond motifs is 1. The number of hydrogen-bond acceptors (Lipinski definition) is 6. The van der Waals surface area contributed by atoms with Gasteiger partial charge in [-0.2, -0.15) is 0 Å². The lowest BCUT2D eigenvalue weighted by Crippen LogP contribution is -2.50. The molecule has 9 nitrogen and oxygen atoms in total. The molecule has 1 aromatic carbocycles. The van der Waals surface area contributed by atoms with E-state index < -0.39 is 0 Å². The van der Waals surface area contributed by atoms with Crippen molar-refractivity contribution in [2.75, 3.05) is 26.2 Å². The first-order chi connectivity index (χ1) is 15.6. The van der Waals surface area contributed by atoms with Gasteiger partial charge in [0.1, 0.15) is 6.10 Å². The number of rotatable bonds is 3. The third-order valence-corrected chi connectivity index (χ3v) is 6.03. The average Bonchev–Trinajstić information content (AvgIpc) is 3.27. The highest BCUT2D eigenvalue weighted by Crippen LogP contribution is 2.27. The minimum Gasteiger partial charge on any atom is -0.365 e. The Morgan fingerprint density at radius 3 is 2.28 bits per heavy atom. The van der Waals surface area contributed by atoms with Crippen LogP contribution in [-0.2, 0) is 17.9 Å². The fourth-order valence-corrected chi connectivity index (χ4v) is 4.10. The number of pyridine rings is 1. The molecule has 0 saturated carbocycles. The number of nitrogens with zero attached hydrogens (tertiary/aromatic N) is 6. The second-order valence-corrected chi connectivity index (χ2v) is 8.10. The number of piperazine rings is 1. The lowest BCUT2D eigenvalue weighted by Gasteiger charge is -2.34. The fraction of sp³-hybridized carbons (Fsp3) is 0.348. The van der Waals surface area contributed by atoms with Crippen LogP contribution in [0.3, 0.4) is 0 Å². The van der Waals surface area contributed by atoms with Crippen molar-refractivity contribution in [2.24, 2.45) is 0 Å². The van der Waals surface area contributed by atoms with Gasteiger partial charge in [-0.25, -0.2) is 4.68 Å². The molecule has 2 aliphatic heterocycles. The van der Waals surface area contributed by atoms with Crippen molar-refractivity contribution in [2.45, 2.75) is 26.2 Å². The Balaban J connectivity index is 1.23. The van der Waals surface area contributed by atoms with E-state index in [0.29, 0.717) is 49.7 Å². The Morgan fingerprint density at radius 2 is 1.59 bits per heavy atom. The summed E-state index contributed by atoms with van der Waals surface area (Å²) in [5.41, 5.74) is 3.92. The highest BCUT2D eigenvalue weighted by Gasteiger charge is 2.32. The summed E-state index contributed by atoms with van der Waals surface area (Å²) in [5.74, 6) is -0.212. The summed E-state index contributed by atoms with van der Waals surface area (Å²) in [6.45, 7) is 4.71. The van der Waals surface area contributed by atoms with Gasteiger partial charge in [-0.1, -0.05) is 35.0 Å². The summed E-state index contributed by atoms with van der Waals surface area (Å²) in [6.07, 6.45) is 3.09. The van der Waals surface area contributed by atoms with Crippen molar-refractivity contribution in [1.29, 1.82) is 0 Å². The van der Waals surface area contributed by atoms with Gasteiger partial charge < -0.3 is 14.5 Å². The van der Waals surface area contributed by atoms with E-state index in [9.17, 15) is 9.59 Å². The van der Waals surface area contributed by atoms with Crippen molar-refractivity contribution in [3.8, 4) is 0 Å². The zero-order valence-electron chi connectivity index (χ0n) is 17.8. The second kappa shape index (κ2) is 8.51. The van der Waals surface area contributed by atoms with Crippen molar-refractivity contribution >= 4 is 11.8 Å². The minimum absolute atomic E-state index is 0.0453. The van der Waals surface area contributed by atoms with Crippen LogP contribution in [0.2, 0.25) is 0 Å². The molecule has 32 heavy (non-hydrogen) atoms. The highest BCUT2D eigenvalue weighted by molar-refractivity contribution is 5.95. The van der Waals surface area contributed by atoms with Crippen molar-refractivity contribution in [1.82, 2.24) is 29.8 Å². The van der Waals surface area contributed by atoms with Gasteiger partial charge in [-0.3, -0.25) is 14.6 Å². The molecule has 2 aromatic heterocycles. The molecule has 2 aliphatic rings. The number of ether oxygens (including phenoxy) is 1. The van der Waals surface area contributed by atoms with Crippen LogP contribution in [0.25, 0.3) is 0 Å². The molecule has 4 heterocycles. The van der Waals surface area contributed by atoms with Crippen molar-refractivity contribution in [3.05, 3.63) is 76.9 Å². The topological polar surface area (TPSA) is 93.5 Å². The zero-order chi connectivity index (χ0) is 22.1. The van der Waals surface area contributed by atoms with Crippen LogP contribution in [-0.4, -0.2) is 67.8 Å². The number of aromatic nitrogens is 4. The molecule has 1 atom stereocenters. The van der Waals surface area contributed by atoms with Gasteiger partial charge in [-0.05, 0) is 24.6 Å². The number of carbonyl (C=O) groups is 2. The first-order valence-corrected chi connectivity index (χ1v) is 10.7. The first-order valence-electron chi connectivity index (χ1n) is 10.7. The maximum atomic E-state index is 13.1. The highest BCUT2D eigenvalue weighted by atomic mass is 16.5. The van der Waals surface area contributed by atoms with E-state index in [1.165, 1.54) is 5.56 Å². The van der Waals surface area contributed by atoms with Crippen LogP contribution < -0.4 is 0 Å². The van der Waals surface area contributed by atoms with E-state index >= 15 is 0 Å². The third kappa shape index (κ3) is 3.87. The number of aryl methyl sites for hydroxylation is 1. The molecule has 2 amide bonds. The molecule has 1 fully saturated rings. The maximum Gasteiger partial charge on any atom is 0.276 e. The zero-order valence-corrected chi connectivity index (χ0v) is 17.8. The van der Waals surface area contributed by atoms with Crippen LogP contribution >= 0.6 is 0 Å². The minimum atomic E-state index is -0.167. The monoisotopic (exact) mass is 432 g/mol. The predicted octanol–water partition coefficient (Wildman–Crippen LogP) is 1.85. The Hall–Kier alpha value is -3.59. The smallest absolute Gasteiger partial charge is 0.276 e. The van der Waals surface area contributed by atoms with Crippen molar-refractivity contribution < 1.29 is 14.3 Å². The molecule has 0 bridgehead atoms. The Morgan fingerprint density at radius 1 is 0.938 bits per heavy atom. The quantitative estimate of drug-likeness (QED) is 0.627. The molecule has 0 spiro atoms. The normalized spacial score (nSPS) is 18.3. The number of carbonyl (C=O) groups excluding carboxylic acids is 2. The van der Waals surface area contributed by atoms with Crippen molar-refractivity contribution in [3.63, 3.8) is 0 Å². The Kier molecular flexibility index (Phi) is 5.40. The van der Waals surface area contributed by atoms with E-state index in [4.69, 9.17) is 4.74 Å². The van der Waals surface area contributed by atoms with Gasteiger partial charge >= 0.3 is 0 Å². The van der Waals surface area contributed by atoms with Crippen LogP contribution in [0.1, 0.15) is 43.8 Å². The molecule has 0 aliphatic carbocycles. The lowest BCUT2D eigenvalue weighted by molar-refractivity contribution is -0.00203. The molecule has 1 saturated heterocycles. The van der Waals surface area contributed by atoms with Gasteiger partial charge in [0.05, 0.1) is 18.8 Å². The molecule has 0 radical (unpaired) electrons. The van der Waals surface area contributed by atoms with Crippen LogP contribution in [0.5, 0.6) is 0 Å². The second-order valence-electron chi connectivity index (χ2n) is 8.10. The predicted molar refractivity (Wildman–Crippen MR) is 115 cm³/mol. The molecule has 0 unspecified atom stereocenters. The Bertz CT molecular complexity index is 1120. The summed E-state index contributed by atoms with van der Waals surface area (Å²) in [6, 6.07) is 11.6. The van der Waals surface area contributed by atoms with Crippen LogP contribution in [0.4, 0.5) is 0 Å². The standard InChI is InChI=1S/C23H24N6O3/c1-16-2-4-17(5-3-16)20-14-29-19(15-32-20)21(25-26-29)23(31)28-12-10-27(11-13-28)22(30)18-6-8-24-9-7-18/h2-9,20H,10-15H2,1H3/t20-/m1/s1. The van der Waals surface area contributed by atoms with E-state index in [1.807, 2.05) is 6.92 Å². The SMILES string of the molecule is Cc1ccc([C@H]2Cn3nnc(C(=O)N4CCN(C(=O)c5ccncc5)CC4)c3CO2)cc1. The molecule has 3 aromatic rings. The Labute approximate surface area is 185 Å². The molecule has 9 heteroatoms. The number of hydrogen-bond donors (Lipinski definition) is 0. The third-order valence-electron chi connectivity index (χ3n) is 6.03. The van der Waals surface area contributed by atoms with Gasteiger partial charge in [-0.15, -0.1) is 5.10 Å². The van der Waals surface area contributed by atoms with Crippen LogP contribution in [0.15, 0.2) is 48.8 Å². The molecular weight excluding hydrogens is 408 g/mol. The summed E-state index contributed by atoms with van der Waals surface area (Å²) in [7, 11) is 0. The molecule has 0 N–H and O–H groups in total. The van der Waals surface area contributed by atoms with E-state index in [1.54, 1.807) is 39.0 Å². The summed E-state index contributed by atoms with van der Waals surface area (Å²) in [5, 5.41) is 8.39. The van der Waals surface area contributed by atoms with E-state index in [2.05, 4.69) is 39.6 Å². The molecule has 5 rings (SSSR count). The van der Waals surface area contributed by atoms with E-state index in [0.717, 1.165) is 5.56 Å². The first kappa shape index (κ1) is 20.3. The summed E-state index contributed by atoms with van der Waals surface area (Å²) in [4.78, 5) is 33.2. The summed E-state index contributed by atoms with van der Waals surface area (Å²) < 4.78 is 7.80. The fourth-order valence-electron chi connectivity index (χ4n) is 4.10. The average molecular weight is 432 g/mol. The van der Waals surface area contributed by atoms with Gasteiger partial charge in [0.15, 0.2) is 5.69 Å². The molecule has 164 valence electrons. The number of benzene rings is 1. The lowest BCUT2D eigenvalue weighted by atomic mass is 10.1. The van der Waals surface area contributed by atoms with Crippen LogP contribution in [0, 0.1) is 6.92 Å². The van der Waals surface area contributed by atoms with Gasteiger partial charge in [0, 0.05) is 44.1 Å². The van der Waals surface area contributed by atoms with E-state index in [-0.39, 0.29) is 24.5 Å². The maximum absolute atomic E-state index is 13.1. The molecular formula is C23H24N6O3. The largest absolute Gasteiger partial charge is 0.365 e.